The number of anilines is 4. The Morgan fingerprint density at radius 1 is 1.08 bits per heavy atom. The van der Waals surface area contributed by atoms with E-state index in [1.54, 1.807) is 0 Å². The highest BCUT2D eigenvalue weighted by molar-refractivity contribution is 5.75. The molecule has 1 aromatic carbocycles. The number of hydrogen-bond donors (Lipinski definition) is 2. The van der Waals surface area contributed by atoms with Crippen LogP contribution in [0.25, 0.3) is 0 Å². The smallest absolute Gasteiger partial charge is 0.136 e. The molecule has 1 saturated heterocycles. The Kier molecular flexibility index (Phi) is 4.21. The van der Waals surface area contributed by atoms with Crippen LogP contribution in [-0.2, 0) is 4.74 Å². The minimum atomic E-state index is 0.577. The number of rotatable bonds is 5. The van der Waals surface area contributed by atoms with Crippen LogP contribution in [0, 0.1) is 6.92 Å². The minimum Gasteiger partial charge on any atom is -0.378 e. The van der Waals surface area contributed by atoms with Gasteiger partial charge in [0.25, 0.3) is 0 Å². The van der Waals surface area contributed by atoms with Gasteiger partial charge in [-0.1, -0.05) is 12.1 Å². The number of nitrogens with one attached hydrogen (secondary N) is 2. The lowest BCUT2D eigenvalue weighted by Gasteiger charge is -2.30. The Balaban J connectivity index is 1.57. The van der Waals surface area contributed by atoms with Crippen LogP contribution < -0.4 is 15.5 Å². The lowest BCUT2D eigenvalue weighted by molar-refractivity contribution is 0.123. The first-order chi connectivity index (χ1) is 11.8. The maximum absolute atomic E-state index is 5.46. The zero-order valence-corrected chi connectivity index (χ0v) is 14.0. The molecule has 24 heavy (non-hydrogen) atoms. The molecule has 0 unspecified atom stereocenters. The third-order valence-corrected chi connectivity index (χ3v) is 4.29. The summed E-state index contributed by atoms with van der Waals surface area (Å²) in [4.78, 5) is 11.4. The molecule has 4 rings (SSSR count). The summed E-state index contributed by atoms with van der Waals surface area (Å²) in [6.07, 6.45) is 2.46. The van der Waals surface area contributed by atoms with Crippen molar-refractivity contribution in [2.45, 2.75) is 25.8 Å². The molecule has 1 aliphatic heterocycles. The fourth-order valence-electron chi connectivity index (χ4n) is 2.94. The largest absolute Gasteiger partial charge is 0.378 e. The van der Waals surface area contributed by atoms with Crippen molar-refractivity contribution in [3.05, 3.63) is 36.2 Å². The maximum atomic E-state index is 5.46. The molecule has 2 N–H and O–H groups in total. The average molecular weight is 325 g/mol. The van der Waals surface area contributed by atoms with Crippen LogP contribution >= 0.6 is 0 Å². The molecule has 1 aliphatic carbocycles. The van der Waals surface area contributed by atoms with Crippen molar-refractivity contribution >= 4 is 23.0 Å². The lowest BCUT2D eigenvalue weighted by Crippen LogP contribution is -2.36. The van der Waals surface area contributed by atoms with Gasteiger partial charge in [0.15, 0.2) is 0 Å². The third-order valence-electron chi connectivity index (χ3n) is 4.29. The van der Waals surface area contributed by atoms with Gasteiger partial charge in [0.2, 0.25) is 0 Å². The van der Waals surface area contributed by atoms with Crippen LogP contribution in [-0.4, -0.2) is 42.3 Å². The van der Waals surface area contributed by atoms with Crippen LogP contribution in [0.3, 0.4) is 0 Å². The van der Waals surface area contributed by atoms with Crippen molar-refractivity contribution in [3.63, 3.8) is 0 Å². The van der Waals surface area contributed by atoms with Crippen molar-refractivity contribution in [3.8, 4) is 0 Å². The molecule has 0 atom stereocenters. The molecule has 0 radical (unpaired) electrons. The zero-order valence-electron chi connectivity index (χ0n) is 14.0. The normalized spacial score (nSPS) is 17.6. The first-order valence-corrected chi connectivity index (χ1v) is 8.59. The second kappa shape index (κ2) is 6.65. The standard InChI is InChI=1S/C18H23N5O/c1-13-19-17(21-14-6-7-14)12-18(20-13)22-15-4-2-3-5-16(15)23-8-10-24-11-9-23/h2-5,12,14H,6-11H2,1H3,(H2,19,20,21,22). The molecule has 1 saturated carbocycles. The molecule has 2 heterocycles. The Bertz CT molecular complexity index is 710. The van der Waals surface area contributed by atoms with E-state index in [4.69, 9.17) is 4.74 Å². The van der Waals surface area contributed by atoms with Crippen molar-refractivity contribution in [2.24, 2.45) is 0 Å². The van der Waals surface area contributed by atoms with E-state index in [1.165, 1.54) is 18.5 Å². The highest BCUT2D eigenvalue weighted by Gasteiger charge is 2.22. The van der Waals surface area contributed by atoms with Crippen molar-refractivity contribution < 1.29 is 4.74 Å². The fraction of sp³-hybridized carbons (Fsp3) is 0.444. The van der Waals surface area contributed by atoms with Crippen molar-refractivity contribution in [1.82, 2.24) is 9.97 Å². The zero-order chi connectivity index (χ0) is 16.4. The monoisotopic (exact) mass is 325 g/mol. The molecular weight excluding hydrogens is 302 g/mol. The molecule has 126 valence electrons. The Hall–Kier alpha value is -2.34. The second-order valence-corrected chi connectivity index (χ2v) is 6.35. The van der Waals surface area contributed by atoms with Crippen molar-refractivity contribution in [1.29, 1.82) is 0 Å². The first kappa shape index (κ1) is 15.2. The summed E-state index contributed by atoms with van der Waals surface area (Å²) in [7, 11) is 0. The lowest BCUT2D eigenvalue weighted by atomic mass is 10.2. The first-order valence-electron chi connectivity index (χ1n) is 8.59. The number of aromatic nitrogens is 2. The number of hydrogen-bond acceptors (Lipinski definition) is 6. The van der Waals surface area contributed by atoms with Gasteiger partial charge >= 0.3 is 0 Å². The van der Waals surface area contributed by atoms with Crippen LogP contribution in [0.2, 0.25) is 0 Å². The number of morpholine rings is 1. The van der Waals surface area contributed by atoms with Crippen LogP contribution in [0.1, 0.15) is 18.7 Å². The molecule has 2 aromatic rings. The second-order valence-electron chi connectivity index (χ2n) is 6.35. The Morgan fingerprint density at radius 3 is 2.62 bits per heavy atom. The highest BCUT2D eigenvalue weighted by atomic mass is 16.5. The molecule has 1 aromatic heterocycles. The van der Waals surface area contributed by atoms with E-state index in [2.05, 4.69) is 43.7 Å². The summed E-state index contributed by atoms with van der Waals surface area (Å²) < 4.78 is 5.46. The Labute approximate surface area is 142 Å². The number of benzene rings is 1. The van der Waals surface area contributed by atoms with E-state index < -0.39 is 0 Å². The summed E-state index contributed by atoms with van der Waals surface area (Å²) in [5, 5.41) is 6.91. The third kappa shape index (κ3) is 3.59. The van der Waals surface area contributed by atoms with Crippen LogP contribution in [0.5, 0.6) is 0 Å². The van der Waals surface area contributed by atoms with Gasteiger partial charge in [-0.3, -0.25) is 0 Å². The SMILES string of the molecule is Cc1nc(Nc2ccccc2N2CCOCC2)cc(NC2CC2)n1. The molecule has 6 heteroatoms. The molecule has 0 amide bonds. The number of para-hydroxylation sites is 2. The summed E-state index contributed by atoms with van der Waals surface area (Å²) in [6.45, 7) is 5.30. The van der Waals surface area contributed by atoms with Gasteiger partial charge in [0, 0.05) is 25.2 Å². The average Bonchev–Trinajstić information content (AvgIpc) is 3.39. The van der Waals surface area contributed by atoms with Crippen LogP contribution in [0.15, 0.2) is 30.3 Å². The predicted octanol–water partition coefficient (Wildman–Crippen LogP) is 2.94. The predicted molar refractivity (Wildman–Crippen MR) is 96.2 cm³/mol. The molecule has 6 nitrogen and oxygen atoms in total. The molecule has 2 fully saturated rings. The topological polar surface area (TPSA) is 62.3 Å². The fourth-order valence-corrected chi connectivity index (χ4v) is 2.94. The quantitative estimate of drug-likeness (QED) is 0.881. The van der Waals surface area contributed by atoms with E-state index >= 15 is 0 Å². The van der Waals surface area contributed by atoms with Crippen LogP contribution in [0.4, 0.5) is 23.0 Å². The highest BCUT2D eigenvalue weighted by Crippen LogP contribution is 2.30. The number of aryl methyl sites for hydroxylation is 1. The van der Waals surface area contributed by atoms with Gasteiger partial charge in [-0.2, -0.15) is 0 Å². The molecule has 0 spiro atoms. The van der Waals surface area contributed by atoms with Gasteiger partial charge in [-0.05, 0) is 31.9 Å². The summed E-state index contributed by atoms with van der Waals surface area (Å²) in [5.41, 5.74) is 2.25. The summed E-state index contributed by atoms with van der Waals surface area (Å²) >= 11 is 0. The number of nitrogens with zero attached hydrogens (tertiary/aromatic N) is 3. The molecular formula is C18H23N5O. The van der Waals surface area contributed by atoms with E-state index in [1.807, 2.05) is 19.1 Å². The van der Waals surface area contributed by atoms with E-state index in [-0.39, 0.29) is 0 Å². The van der Waals surface area contributed by atoms with E-state index in [9.17, 15) is 0 Å². The van der Waals surface area contributed by atoms with Gasteiger partial charge in [0.05, 0.1) is 24.6 Å². The van der Waals surface area contributed by atoms with Crippen molar-refractivity contribution in [2.75, 3.05) is 41.8 Å². The summed E-state index contributed by atoms with van der Waals surface area (Å²) in [5.74, 6) is 2.50. The van der Waals surface area contributed by atoms with E-state index in [0.29, 0.717) is 6.04 Å². The van der Waals surface area contributed by atoms with E-state index in [0.717, 1.165) is 49.5 Å². The van der Waals surface area contributed by atoms with Gasteiger partial charge in [-0.25, -0.2) is 9.97 Å². The maximum Gasteiger partial charge on any atom is 0.136 e. The van der Waals surface area contributed by atoms with Gasteiger partial charge in [0.1, 0.15) is 17.5 Å². The Morgan fingerprint density at radius 2 is 1.83 bits per heavy atom. The number of ether oxygens (including phenoxy) is 1. The minimum absolute atomic E-state index is 0.577. The van der Waals surface area contributed by atoms with Gasteiger partial charge < -0.3 is 20.3 Å². The molecule has 0 bridgehead atoms. The summed E-state index contributed by atoms with van der Waals surface area (Å²) in [6, 6.07) is 10.9. The van der Waals surface area contributed by atoms with Gasteiger partial charge in [-0.15, -0.1) is 0 Å². The molecule has 2 aliphatic rings.